The van der Waals surface area contributed by atoms with Crippen LogP contribution in [-0.2, 0) is 4.79 Å². The van der Waals surface area contributed by atoms with Gasteiger partial charge in [0.25, 0.3) is 0 Å². The third kappa shape index (κ3) is 5.20. The van der Waals surface area contributed by atoms with Crippen LogP contribution in [0.2, 0.25) is 5.02 Å². The molecule has 2 fully saturated rings. The zero-order valence-corrected chi connectivity index (χ0v) is 26.0. The van der Waals surface area contributed by atoms with E-state index in [1.54, 1.807) is 12.3 Å². The number of halogens is 2. The zero-order chi connectivity index (χ0) is 30.6. The molecule has 0 bridgehead atoms. The van der Waals surface area contributed by atoms with E-state index in [-0.39, 0.29) is 28.5 Å². The number of benzene rings is 2. The lowest BCUT2D eigenvalue weighted by Crippen LogP contribution is -2.59. The fourth-order valence-corrected chi connectivity index (χ4v) is 6.52. The summed E-state index contributed by atoms with van der Waals surface area (Å²) in [7, 11) is 0. The van der Waals surface area contributed by atoms with Crippen LogP contribution in [0.25, 0.3) is 32.9 Å². The van der Waals surface area contributed by atoms with Gasteiger partial charge in [0.1, 0.15) is 11.3 Å². The van der Waals surface area contributed by atoms with Crippen LogP contribution in [0.3, 0.4) is 0 Å². The monoisotopic (exact) mass is 604 g/mol. The summed E-state index contributed by atoms with van der Waals surface area (Å²) in [5.41, 5.74) is 2.91. The number of rotatable bonds is 7. The Morgan fingerprint density at radius 1 is 1.16 bits per heavy atom. The minimum absolute atomic E-state index is 0.0775. The van der Waals surface area contributed by atoms with Crippen LogP contribution in [0.15, 0.2) is 37.1 Å². The average molecular weight is 605 g/mol. The van der Waals surface area contributed by atoms with Crippen molar-refractivity contribution >= 4 is 51.1 Å². The van der Waals surface area contributed by atoms with Gasteiger partial charge in [0.2, 0.25) is 11.9 Å². The minimum atomic E-state index is -0.486. The molecule has 0 unspecified atom stereocenters. The van der Waals surface area contributed by atoms with E-state index < -0.39 is 5.82 Å². The van der Waals surface area contributed by atoms with Crippen molar-refractivity contribution in [2.75, 3.05) is 42.5 Å². The fraction of sp³-hybridized carbons (Fsp3) is 0.438. The van der Waals surface area contributed by atoms with Crippen molar-refractivity contribution in [3.8, 4) is 11.1 Å². The average Bonchev–Trinajstić information content (AvgIpc) is 3.42. The molecule has 1 amide bonds. The number of nitrogens with one attached hydrogen (secondary N) is 2. The van der Waals surface area contributed by atoms with Gasteiger partial charge in [-0.2, -0.15) is 10.1 Å². The number of aryl methyl sites for hydroxylation is 1. The molecule has 2 saturated heterocycles. The van der Waals surface area contributed by atoms with Crippen LogP contribution >= 0.6 is 11.6 Å². The SMILES string of the molecule is C=CC(=O)N1C[C@H](C)N(c2nc(N3CC(NCC(C)C)C3)nc3c(F)c(-c4c(C)ccc5[nH]ncc45)c(Cl)cc23)C[C@H]1C. The molecule has 0 radical (unpaired) electrons. The van der Waals surface area contributed by atoms with Crippen LogP contribution in [-0.4, -0.2) is 81.8 Å². The molecule has 11 heteroatoms. The molecule has 0 spiro atoms. The Labute approximate surface area is 256 Å². The predicted octanol–water partition coefficient (Wildman–Crippen LogP) is 5.32. The number of aromatic nitrogens is 4. The highest BCUT2D eigenvalue weighted by molar-refractivity contribution is 6.35. The van der Waals surface area contributed by atoms with Gasteiger partial charge in [-0.3, -0.25) is 9.89 Å². The highest BCUT2D eigenvalue weighted by atomic mass is 35.5. The normalized spacial score (nSPS) is 19.5. The number of H-pyrrole nitrogens is 1. The summed E-state index contributed by atoms with van der Waals surface area (Å²) < 4.78 is 16.9. The third-order valence-corrected chi connectivity index (χ3v) is 8.93. The second-order valence-corrected chi connectivity index (χ2v) is 12.7. The van der Waals surface area contributed by atoms with Crippen LogP contribution in [0, 0.1) is 18.7 Å². The number of piperazine rings is 1. The molecular formula is C32H38ClFN8O. The largest absolute Gasteiger partial charge is 0.349 e. The molecule has 43 heavy (non-hydrogen) atoms. The summed E-state index contributed by atoms with van der Waals surface area (Å²) in [6.45, 7) is 17.5. The predicted molar refractivity (Wildman–Crippen MR) is 171 cm³/mol. The molecule has 226 valence electrons. The number of carbonyl (C=O) groups is 1. The molecule has 0 aliphatic carbocycles. The first-order valence-electron chi connectivity index (χ1n) is 14.9. The van der Waals surface area contributed by atoms with E-state index in [0.717, 1.165) is 36.1 Å². The van der Waals surface area contributed by atoms with Gasteiger partial charge in [0.05, 0.1) is 16.7 Å². The summed E-state index contributed by atoms with van der Waals surface area (Å²) in [6.07, 6.45) is 3.05. The Kier molecular flexibility index (Phi) is 7.76. The van der Waals surface area contributed by atoms with E-state index in [1.165, 1.54) is 6.08 Å². The van der Waals surface area contributed by atoms with Crippen LogP contribution < -0.4 is 15.1 Å². The van der Waals surface area contributed by atoms with E-state index in [2.05, 4.69) is 45.7 Å². The highest BCUT2D eigenvalue weighted by Crippen LogP contribution is 2.43. The molecule has 2 aliphatic heterocycles. The molecule has 2 aromatic heterocycles. The molecule has 9 nitrogen and oxygen atoms in total. The second kappa shape index (κ2) is 11.4. The van der Waals surface area contributed by atoms with Crippen molar-refractivity contribution in [1.29, 1.82) is 0 Å². The molecule has 2 aliphatic rings. The summed E-state index contributed by atoms with van der Waals surface area (Å²) in [5, 5.41) is 12.4. The quantitative estimate of drug-likeness (QED) is 0.276. The second-order valence-electron chi connectivity index (χ2n) is 12.3. The van der Waals surface area contributed by atoms with Gasteiger partial charge >= 0.3 is 0 Å². The molecule has 2 N–H and O–H groups in total. The van der Waals surface area contributed by atoms with Gasteiger partial charge in [-0.25, -0.2) is 9.37 Å². The van der Waals surface area contributed by atoms with E-state index in [4.69, 9.17) is 21.6 Å². The maximum Gasteiger partial charge on any atom is 0.246 e. The van der Waals surface area contributed by atoms with Crippen LogP contribution in [0.5, 0.6) is 0 Å². The Hall–Kier alpha value is -3.76. The number of nitrogens with zero attached hydrogens (tertiary/aromatic N) is 6. The maximum absolute atomic E-state index is 16.9. The first-order chi connectivity index (χ1) is 20.6. The van der Waals surface area contributed by atoms with Gasteiger partial charge < -0.3 is 20.0 Å². The minimum Gasteiger partial charge on any atom is -0.349 e. The van der Waals surface area contributed by atoms with Crippen molar-refractivity contribution in [2.45, 2.75) is 52.7 Å². The molecule has 2 aromatic carbocycles. The maximum atomic E-state index is 16.9. The van der Waals surface area contributed by atoms with Crippen molar-refractivity contribution in [3.63, 3.8) is 0 Å². The zero-order valence-electron chi connectivity index (χ0n) is 25.3. The lowest BCUT2D eigenvalue weighted by atomic mass is 9.95. The summed E-state index contributed by atoms with van der Waals surface area (Å²) in [6, 6.07) is 5.80. The van der Waals surface area contributed by atoms with E-state index >= 15 is 4.39 Å². The van der Waals surface area contributed by atoms with E-state index in [1.807, 2.05) is 37.8 Å². The lowest BCUT2D eigenvalue weighted by molar-refractivity contribution is -0.128. The number of hydrogen-bond acceptors (Lipinski definition) is 7. The molecule has 2 atom stereocenters. The van der Waals surface area contributed by atoms with Crippen molar-refractivity contribution < 1.29 is 9.18 Å². The van der Waals surface area contributed by atoms with E-state index in [9.17, 15) is 4.79 Å². The number of amides is 1. The van der Waals surface area contributed by atoms with Crippen molar-refractivity contribution in [3.05, 3.63) is 53.5 Å². The van der Waals surface area contributed by atoms with Crippen LogP contribution in [0.4, 0.5) is 16.2 Å². The van der Waals surface area contributed by atoms with Gasteiger partial charge in [0, 0.05) is 66.2 Å². The van der Waals surface area contributed by atoms with Crippen molar-refractivity contribution in [1.82, 2.24) is 30.4 Å². The number of hydrogen-bond donors (Lipinski definition) is 2. The number of aromatic amines is 1. The van der Waals surface area contributed by atoms with Gasteiger partial charge in [-0.15, -0.1) is 0 Å². The molecular weight excluding hydrogens is 567 g/mol. The van der Waals surface area contributed by atoms with Gasteiger partial charge in [0.15, 0.2) is 5.82 Å². The number of carbonyl (C=O) groups excluding carboxylic acids is 1. The smallest absolute Gasteiger partial charge is 0.246 e. The topological polar surface area (TPSA) is 93.3 Å². The standard InChI is InChI=1S/C32H38ClFN8O/c1-7-26(43)41-13-20(6)42(14-19(41)5)31-22-10-24(33)28(27-18(4)8-9-25-23(27)12-36-39-25)29(34)30(22)37-32(38-31)40-15-21(16-40)35-11-17(2)3/h7-10,12,17,19-21,35H,1,11,13-16H2,2-6H3,(H,36,39)/t19-,20+/m1/s1. The number of fused-ring (bicyclic) bond motifs is 2. The Morgan fingerprint density at radius 3 is 2.65 bits per heavy atom. The van der Waals surface area contributed by atoms with Gasteiger partial charge in [-0.1, -0.05) is 38.1 Å². The molecule has 4 heterocycles. The Bertz CT molecular complexity index is 1720. The number of anilines is 2. The Morgan fingerprint density at radius 2 is 1.93 bits per heavy atom. The molecule has 4 aromatic rings. The molecule has 0 saturated carbocycles. The first kappa shape index (κ1) is 29.3. The van der Waals surface area contributed by atoms with Gasteiger partial charge in [-0.05, 0) is 57.0 Å². The third-order valence-electron chi connectivity index (χ3n) is 8.63. The highest BCUT2D eigenvalue weighted by Gasteiger charge is 2.35. The summed E-state index contributed by atoms with van der Waals surface area (Å²) >= 11 is 6.93. The summed E-state index contributed by atoms with van der Waals surface area (Å²) in [5.74, 6) is 1.07. The summed E-state index contributed by atoms with van der Waals surface area (Å²) in [4.78, 5) is 28.5. The van der Waals surface area contributed by atoms with E-state index in [0.29, 0.717) is 53.3 Å². The van der Waals surface area contributed by atoms with Crippen LogP contribution in [0.1, 0.15) is 33.3 Å². The van der Waals surface area contributed by atoms with Crippen molar-refractivity contribution in [2.24, 2.45) is 5.92 Å². The Balaban J connectivity index is 1.49. The fourth-order valence-electron chi connectivity index (χ4n) is 6.24. The molecule has 6 rings (SSSR count). The first-order valence-corrected chi connectivity index (χ1v) is 15.3. The lowest BCUT2D eigenvalue weighted by Gasteiger charge is -2.45.